The van der Waals surface area contributed by atoms with E-state index in [1.807, 2.05) is 24.3 Å². The van der Waals surface area contributed by atoms with Gasteiger partial charge in [0, 0.05) is 35.8 Å². The van der Waals surface area contributed by atoms with Crippen LogP contribution < -0.4 is 19.5 Å². The molecule has 0 bridgehead atoms. The van der Waals surface area contributed by atoms with Gasteiger partial charge in [0.15, 0.2) is 22.8 Å². The van der Waals surface area contributed by atoms with Crippen molar-refractivity contribution in [1.82, 2.24) is 9.55 Å². The molecule has 0 saturated heterocycles. The maximum atomic E-state index is 12.6. The molecule has 1 amide bonds. The van der Waals surface area contributed by atoms with Crippen molar-refractivity contribution in [2.24, 2.45) is 0 Å². The molecule has 2 aromatic carbocycles. The number of amides is 1. The number of nitrogens with zero attached hydrogens (tertiary/aromatic N) is 2. The standard InChI is InChI=1S/C21H19N3O4S/c1-13(28-16-5-6-18-19(10-16)27-12-26-18)20(25)22-15-4-2-3-14(9-15)17-11-24-7-8-29-21(24)23-17/h2-6,9-11,13H,7-8,12H2,1H3,(H,22,25). The van der Waals surface area contributed by atoms with Gasteiger partial charge >= 0.3 is 0 Å². The Hall–Kier alpha value is -3.13. The molecule has 2 aliphatic rings. The summed E-state index contributed by atoms with van der Waals surface area (Å²) in [7, 11) is 0. The molecule has 148 valence electrons. The average molecular weight is 409 g/mol. The Kier molecular flexibility index (Phi) is 4.55. The molecule has 1 atom stereocenters. The van der Waals surface area contributed by atoms with Crippen molar-refractivity contribution in [1.29, 1.82) is 0 Å². The van der Waals surface area contributed by atoms with Crippen LogP contribution in [0.3, 0.4) is 0 Å². The molecule has 2 aliphatic heterocycles. The predicted molar refractivity (Wildman–Crippen MR) is 110 cm³/mol. The number of thioether (sulfide) groups is 1. The fourth-order valence-electron chi connectivity index (χ4n) is 3.26. The Bertz CT molecular complexity index is 1060. The Morgan fingerprint density at radius 1 is 1.24 bits per heavy atom. The lowest BCUT2D eigenvalue weighted by Crippen LogP contribution is -2.30. The number of anilines is 1. The van der Waals surface area contributed by atoms with E-state index in [0.29, 0.717) is 22.9 Å². The highest BCUT2D eigenvalue weighted by atomic mass is 32.2. The number of fused-ring (bicyclic) bond motifs is 2. The number of rotatable bonds is 5. The second-order valence-electron chi connectivity index (χ2n) is 6.80. The smallest absolute Gasteiger partial charge is 0.265 e. The average Bonchev–Trinajstić information content (AvgIpc) is 3.43. The molecule has 0 saturated carbocycles. The van der Waals surface area contributed by atoms with Crippen molar-refractivity contribution in [3.05, 3.63) is 48.7 Å². The Balaban J connectivity index is 1.26. The van der Waals surface area contributed by atoms with Gasteiger partial charge in [0.1, 0.15) is 5.75 Å². The number of hydrogen-bond acceptors (Lipinski definition) is 6. The van der Waals surface area contributed by atoms with Crippen LogP contribution in [0.2, 0.25) is 0 Å². The third-order valence-electron chi connectivity index (χ3n) is 4.76. The maximum Gasteiger partial charge on any atom is 0.265 e. The summed E-state index contributed by atoms with van der Waals surface area (Å²) in [5, 5.41) is 3.96. The molecule has 8 heteroatoms. The highest BCUT2D eigenvalue weighted by Gasteiger charge is 2.19. The molecule has 1 aromatic heterocycles. The van der Waals surface area contributed by atoms with Crippen LogP contribution in [-0.4, -0.2) is 34.1 Å². The summed E-state index contributed by atoms with van der Waals surface area (Å²) in [6, 6.07) is 12.9. The van der Waals surface area contributed by atoms with E-state index in [1.165, 1.54) is 0 Å². The van der Waals surface area contributed by atoms with Crippen molar-refractivity contribution in [2.45, 2.75) is 24.7 Å². The van der Waals surface area contributed by atoms with Crippen LogP contribution in [0.5, 0.6) is 17.2 Å². The summed E-state index contributed by atoms with van der Waals surface area (Å²) < 4.78 is 18.6. The van der Waals surface area contributed by atoms with Crippen LogP contribution in [0, 0.1) is 0 Å². The summed E-state index contributed by atoms with van der Waals surface area (Å²) in [6.07, 6.45) is 1.38. The van der Waals surface area contributed by atoms with E-state index in [1.54, 1.807) is 36.9 Å². The number of aryl methyl sites for hydroxylation is 1. The van der Waals surface area contributed by atoms with Crippen molar-refractivity contribution in [2.75, 3.05) is 17.9 Å². The van der Waals surface area contributed by atoms with E-state index in [9.17, 15) is 4.79 Å². The summed E-state index contributed by atoms with van der Waals surface area (Å²) in [4.78, 5) is 17.3. The Labute approximate surface area is 172 Å². The third kappa shape index (κ3) is 3.63. The highest BCUT2D eigenvalue weighted by Crippen LogP contribution is 2.35. The van der Waals surface area contributed by atoms with E-state index in [-0.39, 0.29) is 12.7 Å². The largest absolute Gasteiger partial charge is 0.481 e. The second kappa shape index (κ2) is 7.36. The van der Waals surface area contributed by atoms with Crippen LogP contribution in [0.1, 0.15) is 6.92 Å². The molecule has 29 heavy (non-hydrogen) atoms. The van der Waals surface area contributed by atoms with Gasteiger partial charge in [0.2, 0.25) is 6.79 Å². The van der Waals surface area contributed by atoms with Crippen molar-refractivity contribution in [3.8, 4) is 28.5 Å². The van der Waals surface area contributed by atoms with E-state index in [2.05, 4.69) is 21.1 Å². The van der Waals surface area contributed by atoms with Gasteiger partial charge in [-0.1, -0.05) is 23.9 Å². The van der Waals surface area contributed by atoms with Crippen molar-refractivity contribution in [3.63, 3.8) is 0 Å². The van der Waals surface area contributed by atoms with Gasteiger partial charge in [0.05, 0.1) is 5.69 Å². The van der Waals surface area contributed by atoms with E-state index in [0.717, 1.165) is 28.7 Å². The van der Waals surface area contributed by atoms with E-state index in [4.69, 9.17) is 14.2 Å². The Morgan fingerprint density at radius 3 is 3.03 bits per heavy atom. The first-order valence-electron chi connectivity index (χ1n) is 9.33. The SMILES string of the molecule is CC(Oc1ccc2c(c1)OCO2)C(=O)Nc1cccc(-c2cn3c(n2)SCC3)c1. The number of carbonyl (C=O) groups is 1. The van der Waals surface area contributed by atoms with Gasteiger partial charge in [-0.3, -0.25) is 4.79 Å². The molecule has 1 N–H and O–H groups in total. The first-order chi connectivity index (χ1) is 14.2. The van der Waals surface area contributed by atoms with Gasteiger partial charge in [0.25, 0.3) is 5.91 Å². The molecule has 3 aromatic rings. The molecule has 1 unspecified atom stereocenters. The number of benzene rings is 2. The van der Waals surface area contributed by atoms with Gasteiger partial charge in [-0.25, -0.2) is 4.98 Å². The molecule has 0 aliphatic carbocycles. The molecule has 0 radical (unpaired) electrons. The van der Waals surface area contributed by atoms with Gasteiger partial charge < -0.3 is 24.1 Å². The van der Waals surface area contributed by atoms with Gasteiger partial charge in [-0.2, -0.15) is 0 Å². The number of nitrogens with one attached hydrogen (secondary N) is 1. The quantitative estimate of drug-likeness (QED) is 0.691. The number of hydrogen-bond donors (Lipinski definition) is 1. The number of carbonyl (C=O) groups excluding carboxylic acids is 1. The molecular weight excluding hydrogens is 390 g/mol. The topological polar surface area (TPSA) is 74.6 Å². The highest BCUT2D eigenvalue weighted by molar-refractivity contribution is 7.99. The van der Waals surface area contributed by atoms with Crippen LogP contribution in [-0.2, 0) is 11.3 Å². The van der Waals surface area contributed by atoms with E-state index >= 15 is 0 Å². The van der Waals surface area contributed by atoms with Gasteiger partial charge in [-0.15, -0.1) is 0 Å². The lowest BCUT2D eigenvalue weighted by atomic mass is 10.1. The van der Waals surface area contributed by atoms with Gasteiger partial charge in [-0.05, 0) is 31.2 Å². The van der Waals surface area contributed by atoms with Crippen LogP contribution in [0.25, 0.3) is 11.3 Å². The first-order valence-corrected chi connectivity index (χ1v) is 10.3. The second-order valence-corrected chi connectivity index (χ2v) is 7.86. The summed E-state index contributed by atoms with van der Waals surface area (Å²) in [6.45, 7) is 2.89. The molecule has 0 fully saturated rings. The maximum absolute atomic E-state index is 12.6. The first kappa shape index (κ1) is 17.9. The molecule has 5 rings (SSSR count). The number of aromatic nitrogens is 2. The molecular formula is C21H19N3O4S. The summed E-state index contributed by atoms with van der Waals surface area (Å²) in [5.41, 5.74) is 2.58. The fourth-order valence-corrected chi connectivity index (χ4v) is 4.20. The predicted octanol–water partition coefficient (Wildman–Crippen LogP) is 3.79. The Morgan fingerprint density at radius 2 is 2.14 bits per heavy atom. The number of imidazole rings is 1. The minimum absolute atomic E-state index is 0.198. The zero-order valence-corrected chi connectivity index (χ0v) is 16.6. The lowest BCUT2D eigenvalue weighted by molar-refractivity contribution is -0.122. The molecule has 3 heterocycles. The van der Waals surface area contributed by atoms with Crippen molar-refractivity contribution < 1.29 is 19.0 Å². The molecule has 7 nitrogen and oxygen atoms in total. The van der Waals surface area contributed by atoms with Crippen molar-refractivity contribution >= 4 is 23.4 Å². The number of ether oxygens (including phenoxy) is 3. The lowest BCUT2D eigenvalue weighted by Gasteiger charge is -2.15. The zero-order valence-electron chi connectivity index (χ0n) is 15.8. The minimum Gasteiger partial charge on any atom is -0.481 e. The normalized spacial score (nSPS) is 15.1. The van der Waals surface area contributed by atoms with Crippen LogP contribution in [0.4, 0.5) is 5.69 Å². The summed E-state index contributed by atoms with van der Waals surface area (Å²) >= 11 is 1.76. The fraction of sp³-hybridized carbons (Fsp3) is 0.238. The summed E-state index contributed by atoms with van der Waals surface area (Å²) in [5.74, 6) is 2.68. The van der Waals surface area contributed by atoms with E-state index < -0.39 is 6.10 Å². The monoisotopic (exact) mass is 409 g/mol. The molecule has 0 spiro atoms. The van der Waals surface area contributed by atoms with Crippen LogP contribution in [0.15, 0.2) is 53.8 Å². The zero-order chi connectivity index (χ0) is 19.8. The minimum atomic E-state index is -0.674. The van der Waals surface area contributed by atoms with Crippen LogP contribution >= 0.6 is 11.8 Å². The third-order valence-corrected chi connectivity index (χ3v) is 5.73.